The van der Waals surface area contributed by atoms with Crippen LogP contribution in [0.4, 0.5) is 0 Å². The molecule has 8 heteroatoms. The molecule has 0 saturated heterocycles. The number of benzene rings is 1. The second-order valence-corrected chi connectivity index (χ2v) is 6.21. The molecule has 0 spiro atoms. The van der Waals surface area contributed by atoms with Crippen LogP contribution in [0.2, 0.25) is 0 Å². The number of amides is 2. The first-order chi connectivity index (χ1) is 12.4. The fourth-order valence-corrected chi connectivity index (χ4v) is 2.17. The van der Waals surface area contributed by atoms with Crippen LogP contribution in [0.1, 0.15) is 19.5 Å². The first kappa shape index (κ1) is 19.5. The van der Waals surface area contributed by atoms with Crippen molar-refractivity contribution in [2.45, 2.75) is 26.4 Å². The van der Waals surface area contributed by atoms with Crippen molar-refractivity contribution in [1.29, 1.82) is 0 Å². The second kappa shape index (κ2) is 9.00. The van der Waals surface area contributed by atoms with E-state index in [4.69, 9.17) is 10.5 Å². The zero-order valence-electron chi connectivity index (χ0n) is 15.2. The molecule has 26 heavy (non-hydrogen) atoms. The quantitative estimate of drug-likeness (QED) is 0.639. The molecule has 0 aliphatic carbocycles. The molecule has 0 bridgehead atoms. The first-order valence-corrected chi connectivity index (χ1v) is 8.39. The normalized spacial score (nSPS) is 11.9. The second-order valence-electron chi connectivity index (χ2n) is 6.21. The van der Waals surface area contributed by atoms with Gasteiger partial charge in [0.2, 0.25) is 11.8 Å². The van der Waals surface area contributed by atoms with Crippen molar-refractivity contribution in [3.8, 4) is 11.4 Å². The Kier molecular flexibility index (Phi) is 6.74. The predicted octanol–water partition coefficient (Wildman–Crippen LogP) is 0.597. The molecule has 0 fully saturated rings. The van der Waals surface area contributed by atoms with Gasteiger partial charge in [0.25, 0.3) is 0 Å². The van der Waals surface area contributed by atoms with Crippen LogP contribution in [0.15, 0.2) is 36.5 Å². The molecule has 1 heterocycles. The topological polar surface area (TPSA) is 111 Å². The zero-order chi connectivity index (χ0) is 19.1. The van der Waals surface area contributed by atoms with E-state index in [1.165, 1.54) is 0 Å². The average Bonchev–Trinajstić information content (AvgIpc) is 3.12. The Morgan fingerprint density at radius 3 is 2.50 bits per heavy atom. The maximum atomic E-state index is 11.8. The van der Waals surface area contributed by atoms with Crippen molar-refractivity contribution in [3.05, 3.63) is 42.2 Å². The molecule has 140 valence electrons. The molecular formula is C18H25N5O3. The zero-order valence-corrected chi connectivity index (χ0v) is 15.2. The Bertz CT molecular complexity index is 740. The number of hydrogen-bond acceptors (Lipinski definition) is 5. The number of carbonyl (C=O) groups excluding carboxylic acids is 2. The number of aromatic nitrogens is 2. The number of nitrogens with two attached hydrogens (primary N) is 1. The maximum absolute atomic E-state index is 11.8. The summed E-state index contributed by atoms with van der Waals surface area (Å²) in [6, 6.07) is 8.68. The molecule has 4 N–H and O–H groups in total. The van der Waals surface area contributed by atoms with Crippen molar-refractivity contribution < 1.29 is 14.3 Å². The van der Waals surface area contributed by atoms with Crippen LogP contribution in [0.5, 0.6) is 5.75 Å². The average molecular weight is 359 g/mol. The molecule has 0 radical (unpaired) electrons. The van der Waals surface area contributed by atoms with Crippen molar-refractivity contribution in [3.63, 3.8) is 0 Å². The summed E-state index contributed by atoms with van der Waals surface area (Å²) in [5.41, 5.74) is 7.32. The summed E-state index contributed by atoms with van der Waals surface area (Å²) in [6.45, 7) is 3.86. The van der Waals surface area contributed by atoms with Crippen molar-refractivity contribution in [2.75, 3.05) is 13.7 Å². The van der Waals surface area contributed by atoms with E-state index in [1.54, 1.807) is 11.8 Å². The van der Waals surface area contributed by atoms with E-state index < -0.39 is 6.04 Å². The molecular weight excluding hydrogens is 334 g/mol. The molecule has 8 nitrogen and oxygen atoms in total. The molecule has 2 amide bonds. The predicted molar refractivity (Wildman–Crippen MR) is 97.8 cm³/mol. The standard InChI is InChI=1S/C18H25N5O3/c1-12(2)17(19)18(25)21-11-16(24)20-10-13-8-9-23(22-13)14-4-6-15(26-3)7-5-14/h4-9,12,17H,10-11,19H2,1-3H3,(H,20,24)(H,21,25)/t17-/m0/s1. The van der Waals surface area contributed by atoms with Crippen molar-refractivity contribution >= 4 is 11.8 Å². The smallest absolute Gasteiger partial charge is 0.239 e. The van der Waals surface area contributed by atoms with Gasteiger partial charge in [-0.15, -0.1) is 0 Å². The SMILES string of the molecule is COc1ccc(-n2ccc(CNC(=O)CNC(=O)[C@@H](N)C(C)C)n2)cc1. The van der Waals surface area contributed by atoms with Crippen LogP contribution in [0, 0.1) is 5.92 Å². The summed E-state index contributed by atoms with van der Waals surface area (Å²) >= 11 is 0. The van der Waals surface area contributed by atoms with Crippen LogP contribution in [-0.2, 0) is 16.1 Å². The lowest BCUT2D eigenvalue weighted by molar-refractivity contribution is -0.127. The van der Waals surface area contributed by atoms with Crippen LogP contribution in [0.25, 0.3) is 5.69 Å². The highest BCUT2D eigenvalue weighted by Crippen LogP contribution is 2.14. The number of rotatable bonds is 8. The minimum absolute atomic E-state index is 0.0139. The van der Waals surface area contributed by atoms with Gasteiger partial charge in [0.1, 0.15) is 5.75 Å². The lowest BCUT2D eigenvalue weighted by atomic mass is 10.1. The highest BCUT2D eigenvalue weighted by atomic mass is 16.5. The third-order valence-corrected chi connectivity index (χ3v) is 3.89. The lowest BCUT2D eigenvalue weighted by Crippen LogP contribution is -2.47. The van der Waals surface area contributed by atoms with E-state index in [2.05, 4.69) is 15.7 Å². The Labute approximate surface area is 152 Å². The Hall–Kier alpha value is -2.87. The van der Waals surface area contributed by atoms with Gasteiger partial charge in [0, 0.05) is 6.20 Å². The van der Waals surface area contributed by atoms with Crippen LogP contribution in [0.3, 0.4) is 0 Å². The Balaban J connectivity index is 1.81. The largest absolute Gasteiger partial charge is 0.497 e. The van der Waals surface area contributed by atoms with Gasteiger partial charge in [0.05, 0.1) is 37.6 Å². The van der Waals surface area contributed by atoms with E-state index >= 15 is 0 Å². The fraction of sp³-hybridized carbons (Fsp3) is 0.389. The van der Waals surface area contributed by atoms with Gasteiger partial charge < -0.3 is 21.1 Å². The fourth-order valence-electron chi connectivity index (χ4n) is 2.17. The molecule has 1 aromatic heterocycles. The van der Waals surface area contributed by atoms with Crippen LogP contribution in [-0.4, -0.2) is 41.3 Å². The number of hydrogen-bond donors (Lipinski definition) is 3. The molecule has 1 aromatic carbocycles. The molecule has 0 saturated carbocycles. The van der Waals surface area contributed by atoms with Gasteiger partial charge in [-0.1, -0.05) is 13.8 Å². The molecule has 0 aliphatic heterocycles. The molecule has 1 atom stereocenters. The summed E-state index contributed by atoms with van der Waals surface area (Å²) in [4.78, 5) is 23.6. The summed E-state index contributed by atoms with van der Waals surface area (Å²) < 4.78 is 6.84. The van der Waals surface area contributed by atoms with E-state index in [0.29, 0.717) is 5.69 Å². The third-order valence-electron chi connectivity index (χ3n) is 3.89. The lowest BCUT2D eigenvalue weighted by Gasteiger charge is -2.14. The van der Waals surface area contributed by atoms with E-state index in [9.17, 15) is 9.59 Å². The first-order valence-electron chi connectivity index (χ1n) is 8.39. The van der Waals surface area contributed by atoms with Gasteiger partial charge in [-0.3, -0.25) is 9.59 Å². The molecule has 0 unspecified atom stereocenters. The number of ether oxygens (including phenoxy) is 1. The van der Waals surface area contributed by atoms with Gasteiger partial charge in [-0.25, -0.2) is 4.68 Å². The number of carbonyl (C=O) groups is 2. The van der Waals surface area contributed by atoms with Crippen LogP contribution < -0.4 is 21.1 Å². The molecule has 2 rings (SSSR count). The van der Waals surface area contributed by atoms with E-state index in [1.807, 2.05) is 50.4 Å². The van der Waals surface area contributed by atoms with Crippen molar-refractivity contribution in [1.82, 2.24) is 20.4 Å². The maximum Gasteiger partial charge on any atom is 0.239 e. The Morgan fingerprint density at radius 2 is 1.88 bits per heavy atom. The molecule has 0 aliphatic rings. The summed E-state index contributed by atoms with van der Waals surface area (Å²) in [6.07, 6.45) is 1.81. The summed E-state index contributed by atoms with van der Waals surface area (Å²) in [7, 11) is 1.61. The summed E-state index contributed by atoms with van der Waals surface area (Å²) in [5.74, 6) is 0.153. The van der Waals surface area contributed by atoms with Gasteiger partial charge in [0.15, 0.2) is 0 Å². The highest BCUT2D eigenvalue weighted by molar-refractivity contribution is 5.87. The minimum atomic E-state index is -0.622. The minimum Gasteiger partial charge on any atom is -0.497 e. The van der Waals surface area contributed by atoms with Crippen LogP contribution >= 0.6 is 0 Å². The highest BCUT2D eigenvalue weighted by Gasteiger charge is 2.17. The monoisotopic (exact) mass is 359 g/mol. The third kappa shape index (κ3) is 5.32. The van der Waals surface area contributed by atoms with Gasteiger partial charge >= 0.3 is 0 Å². The molecule has 2 aromatic rings. The van der Waals surface area contributed by atoms with E-state index in [-0.39, 0.29) is 30.8 Å². The number of methoxy groups -OCH3 is 1. The van der Waals surface area contributed by atoms with E-state index in [0.717, 1.165) is 11.4 Å². The number of nitrogens with one attached hydrogen (secondary N) is 2. The van der Waals surface area contributed by atoms with Crippen molar-refractivity contribution in [2.24, 2.45) is 11.7 Å². The Morgan fingerprint density at radius 1 is 1.19 bits per heavy atom. The number of nitrogens with zero attached hydrogens (tertiary/aromatic N) is 2. The van der Waals surface area contributed by atoms with Gasteiger partial charge in [-0.2, -0.15) is 5.10 Å². The summed E-state index contributed by atoms with van der Waals surface area (Å²) in [5, 5.41) is 9.65. The van der Waals surface area contributed by atoms with Gasteiger partial charge in [-0.05, 0) is 36.2 Å².